The number of amides is 3. The average Bonchev–Trinajstić information content (AvgIpc) is 3.28. The van der Waals surface area contributed by atoms with Gasteiger partial charge in [-0.1, -0.05) is 45.7 Å². The second kappa shape index (κ2) is 13.4. The number of H-pyrrole nitrogens is 1. The molecule has 1 fully saturated rings. The van der Waals surface area contributed by atoms with Gasteiger partial charge in [0.1, 0.15) is 17.3 Å². The van der Waals surface area contributed by atoms with E-state index in [4.69, 9.17) is 4.74 Å². The minimum absolute atomic E-state index is 0.0541. The third-order valence-corrected chi connectivity index (χ3v) is 8.30. The van der Waals surface area contributed by atoms with E-state index in [0.717, 1.165) is 29.8 Å². The number of Topliss-reactive ketones (excluding diaryl/α,β-unsaturated/α-hetero) is 1. The molecule has 1 aliphatic carbocycles. The number of carbonyl (C=O) groups is 4. The van der Waals surface area contributed by atoms with Crippen LogP contribution in [0.1, 0.15) is 105 Å². The van der Waals surface area contributed by atoms with E-state index in [0.29, 0.717) is 68.8 Å². The van der Waals surface area contributed by atoms with Crippen molar-refractivity contribution >= 4 is 29.4 Å². The molecule has 1 aliphatic heterocycles. The van der Waals surface area contributed by atoms with E-state index < -0.39 is 11.6 Å². The summed E-state index contributed by atoms with van der Waals surface area (Å²) in [4.78, 5) is 58.9. The number of rotatable bonds is 9. The van der Waals surface area contributed by atoms with Crippen molar-refractivity contribution in [3.8, 4) is 0 Å². The quantitative estimate of drug-likeness (QED) is 0.363. The summed E-state index contributed by atoms with van der Waals surface area (Å²) in [5.41, 5.74) is 3.77. The van der Waals surface area contributed by atoms with Crippen LogP contribution >= 0.6 is 0 Å². The van der Waals surface area contributed by atoms with Crippen LogP contribution in [0.5, 0.6) is 0 Å². The minimum atomic E-state index is -0.685. The Morgan fingerprint density at radius 1 is 1.05 bits per heavy atom. The molecule has 1 aromatic heterocycles. The second-order valence-electron chi connectivity index (χ2n) is 13.9. The fourth-order valence-corrected chi connectivity index (χ4v) is 5.98. The lowest BCUT2D eigenvalue weighted by Gasteiger charge is -2.36. The second-order valence-corrected chi connectivity index (χ2v) is 13.9. The number of anilines is 1. The highest BCUT2D eigenvalue weighted by atomic mass is 16.6. The van der Waals surface area contributed by atoms with Crippen molar-refractivity contribution in [1.29, 1.82) is 0 Å². The highest BCUT2D eigenvalue weighted by Gasteiger charge is 2.36. The van der Waals surface area contributed by atoms with Crippen LogP contribution in [0.3, 0.4) is 0 Å². The number of piperazine rings is 1. The highest BCUT2D eigenvalue weighted by molar-refractivity contribution is 6.05. The molecule has 1 atom stereocenters. The van der Waals surface area contributed by atoms with Gasteiger partial charge in [0.15, 0.2) is 5.78 Å². The van der Waals surface area contributed by atoms with Crippen LogP contribution in [0.15, 0.2) is 24.3 Å². The molecule has 0 saturated carbocycles. The summed E-state index contributed by atoms with van der Waals surface area (Å²) in [5, 5.41) is 5.92. The largest absolute Gasteiger partial charge is 0.444 e. The number of ether oxygens (including phenoxy) is 1. The Kier molecular flexibility index (Phi) is 10.1. The molecule has 0 spiro atoms. The molecule has 44 heavy (non-hydrogen) atoms. The van der Waals surface area contributed by atoms with Crippen LogP contribution in [-0.4, -0.2) is 71.4 Å². The Morgan fingerprint density at radius 3 is 2.32 bits per heavy atom. The maximum Gasteiger partial charge on any atom is 0.410 e. The van der Waals surface area contributed by atoms with E-state index in [1.807, 2.05) is 52.0 Å². The Hall–Kier alpha value is -3.82. The van der Waals surface area contributed by atoms with Crippen molar-refractivity contribution in [2.75, 3.05) is 31.1 Å². The van der Waals surface area contributed by atoms with Crippen molar-refractivity contribution in [3.05, 3.63) is 52.3 Å². The number of ketones is 1. The normalized spacial score (nSPS) is 17.1. The van der Waals surface area contributed by atoms with Crippen LogP contribution in [0.4, 0.5) is 10.5 Å². The molecule has 10 nitrogen and oxygen atoms in total. The monoisotopic (exact) mass is 607 g/mol. The molecule has 1 aromatic carbocycles. The average molecular weight is 608 g/mol. The molecule has 2 heterocycles. The molecular formula is C34H49N5O5. The number of hydrogen-bond acceptors (Lipinski definition) is 6. The number of carbonyl (C=O) groups excluding carboxylic acids is 4. The summed E-state index contributed by atoms with van der Waals surface area (Å²) in [6, 6.07) is 7.34. The number of nitrogens with zero attached hydrogens (tertiary/aromatic N) is 2. The van der Waals surface area contributed by atoms with Crippen molar-refractivity contribution in [3.63, 3.8) is 0 Å². The Morgan fingerprint density at radius 2 is 1.70 bits per heavy atom. The number of nitrogens with one attached hydrogen (secondary N) is 3. The molecule has 2 aromatic rings. The van der Waals surface area contributed by atoms with Gasteiger partial charge >= 0.3 is 6.09 Å². The van der Waals surface area contributed by atoms with Crippen molar-refractivity contribution < 1.29 is 23.9 Å². The molecule has 1 saturated heterocycles. The SMILES string of the molecule is CCCCC(NC(=O)c1[nH]c2c(c1C)C(=O)CC(C)(C)C2)C(=O)NCc1ccc(N2CCN(C(=O)OC(C)(C)C)CC2)cc1. The number of aromatic nitrogens is 1. The molecular weight excluding hydrogens is 558 g/mol. The van der Waals surface area contributed by atoms with Crippen LogP contribution in [0.25, 0.3) is 0 Å². The molecule has 2 aliphatic rings. The van der Waals surface area contributed by atoms with Gasteiger partial charge in [-0.2, -0.15) is 0 Å². The Labute approximate surface area is 261 Å². The van der Waals surface area contributed by atoms with Gasteiger partial charge in [0.2, 0.25) is 5.91 Å². The fraction of sp³-hybridized carbons (Fsp3) is 0.588. The third-order valence-electron chi connectivity index (χ3n) is 8.30. The number of fused-ring (bicyclic) bond motifs is 1. The standard InChI is InChI=1S/C34H49N5O5/c1-8-9-10-25(37-31(42)29-22(2)28-26(36-29)19-34(6,7)20-27(28)40)30(41)35-21-23-11-13-24(14-12-23)38-15-17-39(18-16-38)32(43)44-33(3,4)5/h11-14,25,36H,8-10,15-21H2,1-7H3,(H,35,41)(H,37,42). The van der Waals surface area contributed by atoms with E-state index in [9.17, 15) is 19.2 Å². The molecule has 1 unspecified atom stereocenters. The number of unbranched alkanes of at least 4 members (excludes halogenated alkanes) is 1. The van der Waals surface area contributed by atoms with Crippen molar-refractivity contribution in [2.45, 2.75) is 98.8 Å². The predicted molar refractivity (Wildman–Crippen MR) is 171 cm³/mol. The van der Waals surface area contributed by atoms with Gasteiger partial charge in [0.05, 0.1) is 0 Å². The predicted octanol–water partition coefficient (Wildman–Crippen LogP) is 5.14. The topological polar surface area (TPSA) is 124 Å². The van der Waals surface area contributed by atoms with Gasteiger partial charge in [0.25, 0.3) is 5.91 Å². The lowest BCUT2D eigenvalue weighted by Crippen LogP contribution is -2.50. The highest BCUT2D eigenvalue weighted by Crippen LogP contribution is 2.36. The van der Waals surface area contributed by atoms with E-state index >= 15 is 0 Å². The van der Waals surface area contributed by atoms with Gasteiger partial charge < -0.3 is 30.2 Å². The molecule has 0 bridgehead atoms. The van der Waals surface area contributed by atoms with Gasteiger partial charge in [-0.15, -0.1) is 0 Å². The summed E-state index contributed by atoms with van der Waals surface area (Å²) in [6.45, 7) is 16.5. The smallest absolute Gasteiger partial charge is 0.410 e. The van der Waals surface area contributed by atoms with E-state index in [-0.39, 0.29) is 29.1 Å². The fourth-order valence-electron chi connectivity index (χ4n) is 5.98. The maximum absolute atomic E-state index is 13.3. The Bertz CT molecular complexity index is 1360. The molecule has 0 radical (unpaired) electrons. The van der Waals surface area contributed by atoms with Crippen molar-refractivity contribution in [2.24, 2.45) is 5.41 Å². The van der Waals surface area contributed by atoms with Crippen molar-refractivity contribution in [1.82, 2.24) is 20.5 Å². The molecule has 240 valence electrons. The van der Waals surface area contributed by atoms with Crippen LogP contribution in [0.2, 0.25) is 0 Å². The van der Waals surface area contributed by atoms with Gasteiger partial charge in [-0.3, -0.25) is 14.4 Å². The zero-order chi connectivity index (χ0) is 32.2. The summed E-state index contributed by atoms with van der Waals surface area (Å²) < 4.78 is 5.49. The van der Waals surface area contributed by atoms with Gasteiger partial charge in [0, 0.05) is 56.1 Å². The Balaban J connectivity index is 1.32. The van der Waals surface area contributed by atoms with Crippen LogP contribution < -0.4 is 15.5 Å². The molecule has 3 N–H and O–H groups in total. The van der Waals surface area contributed by atoms with Crippen LogP contribution in [-0.2, 0) is 22.5 Å². The van der Waals surface area contributed by atoms with E-state index in [1.165, 1.54) is 0 Å². The first-order valence-electron chi connectivity index (χ1n) is 15.8. The molecule has 3 amide bonds. The first-order valence-corrected chi connectivity index (χ1v) is 15.8. The van der Waals surface area contributed by atoms with Crippen LogP contribution in [0, 0.1) is 12.3 Å². The summed E-state index contributed by atoms with van der Waals surface area (Å²) in [6.07, 6.45) is 3.08. The van der Waals surface area contributed by atoms with E-state index in [1.54, 1.807) is 11.8 Å². The maximum atomic E-state index is 13.3. The summed E-state index contributed by atoms with van der Waals surface area (Å²) >= 11 is 0. The number of aromatic amines is 1. The lowest BCUT2D eigenvalue weighted by atomic mass is 9.75. The number of benzene rings is 1. The minimum Gasteiger partial charge on any atom is -0.444 e. The zero-order valence-electron chi connectivity index (χ0n) is 27.4. The zero-order valence-corrected chi connectivity index (χ0v) is 27.4. The van der Waals surface area contributed by atoms with E-state index in [2.05, 4.69) is 34.4 Å². The summed E-state index contributed by atoms with van der Waals surface area (Å²) in [5.74, 6) is -0.548. The lowest BCUT2D eigenvalue weighted by molar-refractivity contribution is -0.123. The molecule has 4 rings (SSSR count). The molecule has 10 heteroatoms. The van der Waals surface area contributed by atoms with Gasteiger partial charge in [-0.05, 0) is 69.2 Å². The number of hydrogen-bond donors (Lipinski definition) is 3. The third kappa shape index (κ3) is 8.21. The summed E-state index contributed by atoms with van der Waals surface area (Å²) in [7, 11) is 0. The van der Waals surface area contributed by atoms with Gasteiger partial charge in [-0.25, -0.2) is 4.79 Å². The first kappa shape index (κ1) is 33.1. The first-order chi connectivity index (χ1) is 20.7.